The van der Waals surface area contributed by atoms with Crippen molar-refractivity contribution >= 4 is 5.69 Å². The second kappa shape index (κ2) is 5.81. The van der Waals surface area contributed by atoms with Crippen LogP contribution in [0.15, 0.2) is 24.3 Å². The second-order valence-electron chi connectivity index (χ2n) is 5.88. The summed E-state index contributed by atoms with van der Waals surface area (Å²) in [5, 5.41) is 15.3. The number of aromatic nitrogens is 4. The van der Waals surface area contributed by atoms with Crippen LogP contribution >= 0.6 is 0 Å². The van der Waals surface area contributed by atoms with Gasteiger partial charge in [0.15, 0.2) is 5.82 Å². The molecule has 1 saturated heterocycles. The normalized spacial score (nSPS) is 23.2. The van der Waals surface area contributed by atoms with Crippen molar-refractivity contribution in [1.29, 1.82) is 0 Å². The minimum Gasteiger partial charge on any atom is -0.382 e. The largest absolute Gasteiger partial charge is 0.382 e. The van der Waals surface area contributed by atoms with E-state index < -0.39 is 0 Å². The van der Waals surface area contributed by atoms with Gasteiger partial charge < -0.3 is 10.2 Å². The lowest BCUT2D eigenvalue weighted by Crippen LogP contribution is -2.42. The number of hydrogen-bond acceptors (Lipinski definition) is 5. The van der Waals surface area contributed by atoms with Crippen LogP contribution in [-0.4, -0.2) is 50.8 Å². The van der Waals surface area contributed by atoms with Gasteiger partial charge in [-0.15, -0.1) is 5.10 Å². The molecule has 0 saturated carbocycles. The van der Waals surface area contributed by atoms with E-state index in [-0.39, 0.29) is 0 Å². The second-order valence-corrected chi connectivity index (χ2v) is 5.88. The average Bonchev–Trinajstić information content (AvgIpc) is 2.89. The standard InChI is InChI=1S/C15H22N6/c1-11-9-14(7-8-20(11)3)16-13-5-4-6-15(10-13)21-12(2)17-18-19-21/h4-6,10-11,14,16H,7-9H2,1-3H3. The Balaban J connectivity index is 1.74. The first-order valence-electron chi connectivity index (χ1n) is 7.45. The Morgan fingerprint density at radius 3 is 2.90 bits per heavy atom. The Morgan fingerprint density at radius 1 is 1.33 bits per heavy atom. The third-order valence-corrected chi connectivity index (χ3v) is 4.30. The summed E-state index contributed by atoms with van der Waals surface area (Å²) in [6.07, 6.45) is 2.35. The number of benzene rings is 1. The highest BCUT2D eigenvalue weighted by Gasteiger charge is 2.22. The SMILES string of the molecule is Cc1nnnn1-c1cccc(NC2CCN(C)C(C)C2)c1. The van der Waals surface area contributed by atoms with E-state index in [1.54, 1.807) is 4.68 Å². The van der Waals surface area contributed by atoms with Gasteiger partial charge >= 0.3 is 0 Å². The van der Waals surface area contributed by atoms with E-state index in [1.807, 2.05) is 19.1 Å². The monoisotopic (exact) mass is 286 g/mol. The van der Waals surface area contributed by atoms with Crippen LogP contribution in [0.25, 0.3) is 5.69 Å². The third kappa shape index (κ3) is 3.05. The molecule has 0 radical (unpaired) electrons. The molecule has 6 nitrogen and oxygen atoms in total. The smallest absolute Gasteiger partial charge is 0.153 e. The maximum absolute atomic E-state index is 4.02. The fourth-order valence-corrected chi connectivity index (χ4v) is 2.85. The van der Waals surface area contributed by atoms with E-state index in [1.165, 1.54) is 12.8 Å². The van der Waals surface area contributed by atoms with E-state index in [4.69, 9.17) is 0 Å². The number of rotatable bonds is 3. The first kappa shape index (κ1) is 14.0. The molecule has 1 aromatic heterocycles. The lowest BCUT2D eigenvalue weighted by atomic mass is 9.98. The van der Waals surface area contributed by atoms with E-state index in [0.29, 0.717) is 12.1 Å². The molecule has 1 aliphatic rings. The molecule has 112 valence electrons. The van der Waals surface area contributed by atoms with Crippen molar-refractivity contribution in [2.24, 2.45) is 0 Å². The summed E-state index contributed by atoms with van der Waals surface area (Å²) in [5.41, 5.74) is 2.12. The summed E-state index contributed by atoms with van der Waals surface area (Å²) in [6, 6.07) is 9.42. The molecule has 2 atom stereocenters. The van der Waals surface area contributed by atoms with E-state index in [9.17, 15) is 0 Å². The summed E-state index contributed by atoms with van der Waals surface area (Å²) in [4.78, 5) is 2.42. The first-order valence-corrected chi connectivity index (χ1v) is 7.45. The van der Waals surface area contributed by atoms with Crippen molar-refractivity contribution in [3.63, 3.8) is 0 Å². The molecule has 0 aliphatic carbocycles. The Hall–Kier alpha value is -1.95. The molecular formula is C15H22N6. The van der Waals surface area contributed by atoms with Crippen LogP contribution in [-0.2, 0) is 0 Å². The molecule has 6 heteroatoms. The fraction of sp³-hybridized carbons (Fsp3) is 0.533. The zero-order valence-corrected chi connectivity index (χ0v) is 12.8. The van der Waals surface area contributed by atoms with Crippen LogP contribution in [0.5, 0.6) is 0 Å². The minimum atomic E-state index is 0.529. The Kier molecular flexibility index (Phi) is 3.88. The summed E-state index contributed by atoms with van der Waals surface area (Å²) in [7, 11) is 2.20. The van der Waals surface area contributed by atoms with Gasteiger partial charge in [-0.1, -0.05) is 6.07 Å². The fourth-order valence-electron chi connectivity index (χ4n) is 2.85. The van der Waals surface area contributed by atoms with Crippen LogP contribution in [0.1, 0.15) is 25.6 Å². The van der Waals surface area contributed by atoms with Crippen molar-refractivity contribution in [1.82, 2.24) is 25.1 Å². The molecule has 0 spiro atoms. The number of hydrogen-bond donors (Lipinski definition) is 1. The zero-order chi connectivity index (χ0) is 14.8. The molecule has 1 N–H and O–H groups in total. The van der Waals surface area contributed by atoms with Gasteiger partial charge in [0, 0.05) is 24.3 Å². The Bertz CT molecular complexity index is 608. The molecular weight excluding hydrogens is 264 g/mol. The van der Waals surface area contributed by atoms with Crippen LogP contribution < -0.4 is 5.32 Å². The van der Waals surface area contributed by atoms with Gasteiger partial charge in [-0.25, -0.2) is 0 Å². The Morgan fingerprint density at radius 2 is 2.19 bits per heavy atom. The lowest BCUT2D eigenvalue weighted by molar-refractivity contribution is 0.190. The van der Waals surface area contributed by atoms with Crippen molar-refractivity contribution in [2.45, 2.75) is 38.8 Å². The molecule has 2 heterocycles. The number of tetrazole rings is 1. The molecule has 1 fully saturated rings. The topological polar surface area (TPSA) is 58.9 Å². The van der Waals surface area contributed by atoms with Gasteiger partial charge in [-0.05, 0) is 62.4 Å². The predicted molar refractivity (Wildman–Crippen MR) is 82.6 cm³/mol. The highest BCUT2D eigenvalue weighted by molar-refractivity contribution is 5.51. The van der Waals surface area contributed by atoms with Gasteiger partial charge in [0.2, 0.25) is 0 Å². The summed E-state index contributed by atoms with van der Waals surface area (Å²) in [5.74, 6) is 0.792. The number of aryl methyl sites for hydroxylation is 1. The van der Waals surface area contributed by atoms with E-state index in [2.05, 4.69) is 51.8 Å². The quantitative estimate of drug-likeness (QED) is 0.933. The van der Waals surface area contributed by atoms with Gasteiger partial charge in [-0.2, -0.15) is 4.68 Å². The maximum atomic E-state index is 4.02. The number of piperidine rings is 1. The van der Waals surface area contributed by atoms with Crippen LogP contribution in [0.3, 0.4) is 0 Å². The molecule has 3 rings (SSSR count). The average molecular weight is 286 g/mol. The van der Waals surface area contributed by atoms with Crippen molar-refractivity contribution in [2.75, 3.05) is 18.9 Å². The van der Waals surface area contributed by atoms with Crippen LogP contribution in [0.2, 0.25) is 0 Å². The number of anilines is 1. The van der Waals surface area contributed by atoms with Gasteiger partial charge in [0.05, 0.1) is 5.69 Å². The van der Waals surface area contributed by atoms with Crippen LogP contribution in [0.4, 0.5) is 5.69 Å². The Labute approximate surface area is 125 Å². The van der Waals surface area contributed by atoms with Crippen molar-refractivity contribution < 1.29 is 0 Å². The number of nitrogens with zero attached hydrogens (tertiary/aromatic N) is 5. The maximum Gasteiger partial charge on any atom is 0.153 e. The summed E-state index contributed by atoms with van der Waals surface area (Å²) in [6.45, 7) is 5.33. The first-order chi connectivity index (χ1) is 10.1. The lowest BCUT2D eigenvalue weighted by Gasteiger charge is -2.35. The predicted octanol–water partition coefficient (Wildman–Crippen LogP) is 1.87. The molecule has 1 aromatic carbocycles. The highest BCUT2D eigenvalue weighted by Crippen LogP contribution is 2.21. The molecule has 0 bridgehead atoms. The molecule has 2 aromatic rings. The van der Waals surface area contributed by atoms with Crippen LogP contribution in [0, 0.1) is 6.92 Å². The molecule has 1 aliphatic heterocycles. The van der Waals surface area contributed by atoms with Crippen molar-refractivity contribution in [3.05, 3.63) is 30.1 Å². The van der Waals surface area contributed by atoms with Crippen molar-refractivity contribution in [3.8, 4) is 5.69 Å². The molecule has 21 heavy (non-hydrogen) atoms. The van der Waals surface area contributed by atoms with Gasteiger partial charge in [0.25, 0.3) is 0 Å². The molecule has 2 unspecified atom stereocenters. The number of likely N-dealkylation sites (tertiary alicyclic amines) is 1. The van der Waals surface area contributed by atoms with E-state index >= 15 is 0 Å². The van der Waals surface area contributed by atoms with E-state index in [0.717, 1.165) is 23.7 Å². The minimum absolute atomic E-state index is 0.529. The van der Waals surface area contributed by atoms with Gasteiger partial charge in [-0.3, -0.25) is 0 Å². The summed E-state index contributed by atoms with van der Waals surface area (Å²) >= 11 is 0. The van der Waals surface area contributed by atoms with Gasteiger partial charge in [0.1, 0.15) is 0 Å². The highest BCUT2D eigenvalue weighted by atomic mass is 15.5. The summed E-state index contributed by atoms with van der Waals surface area (Å²) < 4.78 is 1.75. The third-order valence-electron chi connectivity index (χ3n) is 4.30. The zero-order valence-electron chi connectivity index (χ0n) is 12.8. The molecule has 0 amide bonds. The number of nitrogens with one attached hydrogen (secondary N) is 1.